The Balaban J connectivity index is 1.43. The Kier molecular flexibility index (Phi) is 3.78. The first-order valence-corrected chi connectivity index (χ1v) is 9.92. The van der Waals surface area contributed by atoms with Gasteiger partial charge in [0.05, 0.1) is 24.9 Å². The number of hydrogen-bond donors (Lipinski definition) is 1. The van der Waals surface area contributed by atoms with E-state index in [2.05, 4.69) is 44.5 Å². The first-order valence-electron chi connectivity index (χ1n) is 9.92. The van der Waals surface area contributed by atoms with Crippen molar-refractivity contribution in [3.05, 3.63) is 24.3 Å². The van der Waals surface area contributed by atoms with E-state index in [1.807, 2.05) is 12.4 Å². The number of nitrogens with one attached hydrogen (secondary N) is 1. The molecule has 2 aliphatic rings. The van der Waals surface area contributed by atoms with Gasteiger partial charge in [-0.3, -0.25) is 4.40 Å². The molecule has 5 rings (SSSR count). The molecule has 3 aromatic rings. The van der Waals surface area contributed by atoms with Crippen molar-refractivity contribution in [2.75, 3.05) is 13.2 Å². The quantitative estimate of drug-likeness (QED) is 0.754. The number of fused-ring (bicyclic) bond motifs is 3. The molecule has 0 aromatic carbocycles. The smallest absolute Gasteiger partial charge is 0.179 e. The molecule has 1 saturated carbocycles. The molecule has 6 heteroatoms. The number of ether oxygens (including phenoxy) is 1. The summed E-state index contributed by atoms with van der Waals surface area (Å²) in [5, 5.41) is 9.03. The predicted octanol–water partition coefficient (Wildman–Crippen LogP) is 3.94. The Morgan fingerprint density at radius 3 is 2.96 bits per heavy atom. The zero-order valence-electron chi connectivity index (χ0n) is 15.6. The van der Waals surface area contributed by atoms with Crippen molar-refractivity contribution in [2.45, 2.75) is 51.9 Å². The molecular formula is C20H27N5O. The Labute approximate surface area is 153 Å². The predicted molar refractivity (Wildman–Crippen MR) is 100 cm³/mol. The summed E-state index contributed by atoms with van der Waals surface area (Å²) in [4.78, 5) is 7.65. The van der Waals surface area contributed by atoms with E-state index in [0.29, 0.717) is 17.3 Å². The monoisotopic (exact) mass is 353 g/mol. The van der Waals surface area contributed by atoms with Crippen LogP contribution in [-0.2, 0) is 4.74 Å². The van der Waals surface area contributed by atoms with Crippen LogP contribution >= 0.6 is 0 Å². The minimum absolute atomic E-state index is 0.421. The third kappa shape index (κ3) is 2.54. The lowest BCUT2D eigenvalue weighted by Gasteiger charge is -2.38. The lowest BCUT2D eigenvalue weighted by atomic mass is 9.81. The van der Waals surface area contributed by atoms with Gasteiger partial charge >= 0.3 is 0 Å². The second-order valence-corrected chi connectivity index (χ2v) is 8.68. The van der Waals surface area contributed by atoms with Crippen LogP contribution in [0.2, 0.25) is 0 Å². The van der Waals surface area contributed by atoms with Gasteiger partial charge in [-0.25, -0.2) is 4.98 Å². The molecule has 3 aromatic heterocycles. The molecule has 0 amide bonds. The zero-order valence-corrected chi connectivity index (χ0v) is 15.6. The molecule has 0 radical (unpaired) electrons. The average molecular weight is 353 g/mol. The first-order chi connectivity index (χ1) is 12.7. The Hall–Kier alpha value is -1.95. The second kappa shape index (κ2) is 6.05. The van der Waals surface area contributed by atoms with Crippen LogP contribution in [0.25, 0.3) is 16.8 Å². The Bertz CT molecular complexity index is 925. The fourth-order valence-electron chi connectivity index (χ4n) is 5.03. The van der Waals surface area contributed by atoms with Gasteiger partial charge in [0.25, 0.3) is 0 Å². The second-order valence-electron chi connectivity index (χ2n) is 8.68. The van der Waals surface area contributed by atoms with Gasteiger partial charge in [0.1, 0.15) is 5.82 Å². The minimum atomic E-state index is 0.421. The van der Waals surface area contributed by atoms with Gasteiger partial charge in [-0.1, -0.05) is 20.3 Å². The van der Waals surface area contributed by atoms with Gasteiger partial charge in [0, 0.05) is 17.5 Å². The van der Waals surface area contributed by atoms with E-state index >= 15 is 0 Å². The number of hydrogen-bond acceptors (Lipinski definition) is 4. The Morgan fingerprint density at radius 1 is 1.31 bits per heavy atom. The normalized spacial score (nSPS) is 28.0. The summed E-state index contributed by atoms with van der Waals surface area (Å²) in [6.45, 7) is 6.56. The van der Waals surface area contributed by atoms with Crippen molar-refractivity contribution in [2.24, 2.45) is 17.3 Å². The highest BCUT2D eigenvalue weighted by Gasteiger charge is 2.39. The highest BCUT2D eigenvalue weighted by molar-refractivity contribution is 5.74. The zero-order chi connectivity index (χ0) is 17.7. The molecule has 2 fully saturated rings. The maximum Gasteiger partial charge on any atom is 0.179 e. The maximum absolute atomic E-state index is 5.43. The molecule has 6 nitrogen and oxygen atoms in total. The number of H-pyrrole nitrogens is 1. The lowest BCUT2D eigenvalue weighted by molar-refractivity contribution is -0.108. The molecule has 1 N–H and O–H groups in total. The summed E-state index contributed by atoms with van der Waals surface area (Å²) in [5.74, 6) is 3.10. The van der Waals surface area contributed by atoms with Gasteiger partial charge < -0.3 is 9.72 Å². The lowest BCUT2D eigenvalue weighted by Crippen LogP contribution is -2.39. The van der Waals surface area contributed by atoms with Gasteiger partial charge in [-0.15, -0.1) is 10.2 Å². The topological polar surface area (TPSA) is 68.1 Å². The molecule has 138 valence electrons. The van der Waals surface area contributed by atoms with Crippen molar-refractivity contribution in [1.29, 1.82) is 0 Å². The third-order valence-corrected chi connectivity index (χ3v) is 6.67. The third-order valence-electron chi connectivity index (χ3n) is 6.67. The molecule has 26 heavy (non-hydrogen) atoms. The number of rotatable bonds is 5. The van der Waals surface area contributed by atoms with Gasteiger partial charge in [0.2, 0.25) is 0 Å². The van der Waals surface area contributed by atoms with E-state index in [9.17, 15) is 0 Å². The van der Waals surface area contributed by atoms with Crippen LogP contribution in [0.3, 0.4) is 0 Å². The fraction of sp³-hybridized carbons (Fsp3) is 0.650. The molecule has 1 aliphatic carbocycles. The van der Waals surface area contributed by atoms with E-state index in [0.717, 1.165) is 41.8 Å². The summed E-state index contributed by atoms with van der Waals surface area (Å²) in [6.07, 6.45) is 10.1. The molecule has 1 unspecified atom stereocenters. The highest BCUT2D eigenvalue weighted by atomic mass is 16.5. The van der Waals surface area contributed by atoms with Crippen molar-refractivity contribution in [3.63, 3.8) is 0 Å². The summed E-state index contributed by atoms with van der Waals surface area (Å²) < 4.78 is 7.64. The molecular weight excluding hydrogens is 326 g/mol. The first kappa shape index (κ1) is 16.2. The SMILES string of the molecule is CC[C@@H]1C[C@H](CCC2(C)COC2)CC1c1nnc2cnc3[nH]ccc3n12. The van der Waals surface area contributed by atoms with Crippen LogP contribution in [0.15, 0.2) is 18.5 Å². The molecule has 1 saturated heterocycles. The van der Waals surface area contributed by atoms with Gasteiger partial charge in [0.15, 0.2) is 11.3 Å². The van der Waals surface area contributed by atoms with Crippen LogP contribution in [0, 0.1) is 17.3 Å². The van der Waals surface area contributed by atoms with Crippen LogP contribution in [0.1, 0.15) is 57.7 Å². The van der Waals surface area contributed by atoms with Gasteiger partial charge in [-0.05, 0) is 43.6 Å². The highest BCUT2D eigenvalue weighted by Crippen LogP contribution is 2.47. The fourth-order valence-corrected chi connectivity index (χ4v) is 5.03. The molecule has 1 aliphatic heterocycles. The van der Waals surface area contributed by atoms with Crippen LogP contribution in [0.5, 0.6) is 0 Å². The van der Waals surface area contributed by atoms with Crippen LogP contribution in [-0.4, -0.2) is 37.8 Å². The summed E-state index contributed by atoms with van der Waals surface area (Å²) in [5.41, 5.74) is 3.26. The van der Waals surface area contributed by atoms with E-state index in [1.54, 1.807) is 0 Å². The van der Waals surface area contributed by atoms with Crippen LogP contribution in [0.4, 0.5) is 0 Å². The molecule has 0 spiro atoms. The summed E-state index contributed by atoms with van der Waals surface area (Å²) in [7, 11) is 0. The van der Waals surface area contributed by atoms with Crippen molar-refractivity contribution < 1.29 is 4.74 Å². The number of nitrogens with zero attached hydrogens (tertiary/aromatic N) is 4. The van der Waals surface area contributed by atoms with E-state index in [4.69, 9.17) is 4.74 Å². The van der Waals surface area contributed by atoms with Gasteiger partial charge in [-0.2, -0.15) is 0 Å². The maximum atomic E-state index is 5.43. The van der Waals surface area contributed by atoms with E-state index in [1.165, 1.54) is 32.1 Å². The molecule has 0 bridgehead atoms. The molecule has 4 heterocycles. The summed E-state index contributed by atoms with van der Waals surface area (Å²) >= 11 is 0. The minimum Gasteiger partial charge on any atom is -0.380 e. The molecule has 3 atom stereocenters. The Morgan fingerprint density at radius 2 is 2.19 bits per heavy atom. The van der Waals surface area contributed by atoms with E-state index in [-0.39, 0.29) is 0 Å². The van der Waals surface area contributed by atoms with Crippen molar-refractivity contribution in [3.8, 4) is 0 Å². The number of aromatic amines is 1. The van der Waals surface area contributed by atoms with Crippen molar-refractivity contribution in [1.82, 2.24) is 24.6 Å². The largest absolute Gasteiger partial charge is 0.380 e. The van der Waals surface area contributed by atoms with Crippen LogP contribution < -0.4 is 0 Å². The standard InChI is InChI=1S/C20H27N5O/c1-3-14-8-13(4-6-20(2)11-26-12-20)9-15(14)19-24-23-17-10-22-18-16(25(17)19)5-7-21-18/h5,7,10,13-15,21H,3-4,6,8-9,11-12H2,1-2H3/t13-,14+,15?/m0/s1. The summed E-state index contributed by atoms with van der Waals surface area (Å²) in [6, 6.07) is 2.08. The van der Waals surface area contributed by atoms with E-state index < -0.39 is 0 Å². The van der Waals surface area contributed by atoms with Crippen molar-refractivity contribution >= 4 is 16.8 Å². The average Bonchev–Trinajstić information content (AvgIpc) is 3.33. The number of aromatic nitrogens is 5.